The van der Waals surface area contributed by atoms with Gasteiger partial charge in [-0.05, 0) is 37.1 Å². The van der Waals surface area contributed by atoms with Crippen LogP contribution in [0.25, 0.3) is 0 Å². The lowest BCUT2D eigenvalue weighted by atomic mass is 10.2. The molecule has 1 saturated heterocycles. The highest BCUT2D eigenvalue weighted by Gasteiger charge is 2.40. The van der Waals surface area contributed by atoms with E-state index in [0.29, 0.717) is 24.5 Å². The number of furan rings is 1. The first-order valence-electron chi connectivity index (χ1n) is 10.3. The fraction of sp³-hybridized carbons (Fsp3) is 0.409. The van der Waals surface area contributed by atoms with Crippen LogP contribution in [-0.2, 0) is 20.9 Å². The average Bonchev–Trinajstić information content (AvgIpc) is 3.14. The Morgan fingerprint density at radius 3 is 2.57 bits per heavy atom. The fourth-order valence-electron chi connectivity index (χ4n) is 3.79. The second kappa shape index (κ2) is 9.38. The molecule has 1 atom stereocenters. The molecule has 2 aliphatic heterocycles. The van der Waals surface area contributed by atoms with E-state index in [0.717, 1.165) is 30.6 Å². The quantitative estimate of drug-likeness (QED) is 0.742. The summed E-state index contributed by atoms with van der Waals surface area (Å²) in [6.45, 7) is 1.49. The number of thioether (sulfide) groups is 1. The van der Waals surface area contributed by atoms with Gasteiger partial charge in [-0.15, -0.1) is 11.8 Å². The molecular weight excluding hydrogens is 402 g/mol. The number of anilines is 1. The van der Waals surface area contributed by atoms with E-state index in [2.05, 4.69) is 5.32 Å². The maximum atomic E-state index is 13.3. The number of carbonyl (C=O) groups excluding carboxylic acids is 3. The number of fused-ring (bicyclic) bond motifs is 1. The van der Waals surface area contributed by atoms with E-state index in [-0.39, 0.29) is 30.8 Å². The van der Waals surface area contributed by atoms with E-state index < -0.39 is 5.25 Å². The number of hydrogen-bond donors (Lipinski definition) is 1. The summed E-state index contributed by atoms with van der Waals surface area (Å²) in [5.74, 6) is -0.149. The smallest absolute Gasteiger partial charge is 0.250 e. The second-order valence-corrected chi connectivity index (χ2v) is 8.63. The first-order valence-corrected chi connectivity index (χ1v) is 11.2. The van der Waals surface area contributed by atoms with Gasteiger partial charge in [-0.2, -0.15) is 0 Å². The molecule has 1 fully saturated rings. The highest BCUT2D eigenvalue weighted by molar-refractivity contribution is 8.01. The molecule has 3 amide bonds. The second-order valence-electron chi connectivity index (χ2n) is 7.49. The first kappa shape index (κ1) is 20.5. The summed E-state index contributed by atoms with van der Waals surface area (Å²) in [6, 6.07) is 10.9. The number of benzene rings is 1. The van der Waals surface area contributed by atoms with Crippen molar-refractivity contribution in [3.63, 3.8) is 0 Å². The van der Waals surface area contributed by atoms with Crippen molar-refractivity contribution in [1.82, 2.24) is 10.2 Å². The van der Waals surface area contributed by atoms with Gasteiger partial charge in [0.25, 0.3) is 5.91 Å². The van der Waals surface area contributed by atoms with Crippen LogP contribution in [0.4, 0.5) is 5.69 Å². The molecule has 0 spiro atoms. The van der Waals surface area contributed by atoms with Crippen molar-refractivity contribution in [3.05, 3.63) is 48.4 Å². The molecular formula is C22H25N3O4S. The average molecular weight is 428 g/mol. The lowest BCUT2D eigenvalue weighted by Gasteiger charge is -2.34. The Hall–Kier alpha value is -2.74. The predicted molar refractivity (Wildman–Crippen MR) is 114 cm³/mol. The van der Waals surface area contributed by atoms with Gasteiger partial charge >= 0.3 is 0 Å². The number of carbonyl (C=O) groups is 3. The zero-order valence-electron chi connectivity index (χ0n) is 16.7. The van der Waals surface area contributed by atoms with Crippen LogP contribution >= 0.6 is 11.8 Å². The van der Waals surface area contributed by atoms with Gasteiger partial charge in [0.15, 0.2) is 5.25 Å². The summed E-state index contributed by atoms with van der Waals surface area (Å²) in [4.78, 5) is 43.1. The number of nitrogens with zero attached hydrogens (tertiary/aromatic N) is 2. The van der Waals surface area contributed by atoms with Gasteiger partial charge in [0.05, 0.1) is 18.5 Å². The molecule has 30 heavy (non-hydrogen) atoms. The molecule has 8 heteroatoms. The summed E-state index contributed by atoms with van der Waals surface area (Å²) in [7, 11) is 0. The Kier molecular flexibility index (Phi) is 6.42. The maximum Gasteiger partial charge on any atom is 0.250 e. The molecule has 1 N–H and O–H groups in total. The van der Waals surface area contributed by atoms with E-state index in [1.165, 1.54) is 16.7 Å². The number of para-hydroxylation sites is 1. The third-order valence-electron chi connectivity index (χ3n) is 5.37. The van der Waals surface area contributed by atoms with Gasteiger partial charge in [0.1, 0.15) is 12.3 Å². The molecule has 158 valence electrons. The standard InChI is InChI=1S/C22H25N3O4S/c26-19(23-14-16-8-7-13-29-16)15-25-17-9-3-4-10-18(17)30-20(22(25)28)21(27)24-11-5-1-2-6-12-24/h3-4,7-10,13,20H,1-2,5-6,11-12,14-15H2,(H,23,26)/t20-/m1/s1. The number of nitrogens with one attached hydrogen (secondary N) is 1. The molecule has 0 aliphatic carbocycles. The largest absolute Gasteiger partial charge is 0.467 e. The molecule has 1 aromatic heterocycles. The van der Waals surface area contributed by atoms with Gasteiger partial charge < -0.3 is 19.5 Å². The molecule has 0 radical (unpaired) electrons. The van der Waals surface area contributed by atoms with E-state index in [9.17, 15) is 14.4 Å². The summed E-state index contributed by atoms with van der Waals surface area (Å²) in [5.41, 5.74) is 0.667. The Morgan fingerprint density at radius 2 is 1.83 bits per heavy atom. The maximum absolute atomic E-state index is 13.3. The third-order valence-corrected chi connectivity index (χ3v) is 6.61. The van der Waals surface area contributed by atoms with Gasteiger partial charge in [-0.1, -0.05) is 25.0 Å². The number of likely N-dealkylation sites (tertiary alicyclic amines) is 1. The number of rotatable bonds is 5. The Balaban J connectivity index is 1.50. The topological polar surface area (TPSA) is 82.9 Å². The minimum atomic E-state index is -0.851. The zero-order chi connectivity index (χ0) is 20.9. The van der Waals surface area contributed by atoms with Crippen molar-refractivity contribution < 1.29 is 18.8 Å². The summed E-state index contributed by atoms with van der Waals surface area (Å²) in [5, 5.41) is 1.92. The van der Waals surface area contributed by atoms with E-state index in [4.69, 9.17) is 4.42 Å². The van der Waals surface area contributed by atoms with Crippen LogP contribution in [0.2, 0.25) is 0 Å². The van der Waals surface area contributed by atoms with Gasteiger partial charge in [0.2, 0.25) is 11.8 Å². The van der Waals surface area contributed by atoms with Crippen LogP contribution in [0, 0.1) is 0 Å². The van der Waals surface area contributed by atoms with Crippen LogP contribution in [0.3, 0.4) is 0 Å². The minimum absolute atomic E-state index is 0.138. The van der Waals surface area contributed by atoms with E-state index in [1.54, 1.807) is 18.4 Å². The van der Waals surface area contributed by atoms with Crippen molar-refractivity contribution in [2.75, 3.05) is 24.5 Å². The van der Waals surface area contributed by atoms with Crippen molar-refractivity contribution in [3.8, 4) is 0 Å². The minimum Gasteiger partial charge on any atom is -0.467 e. The predicted octanol–water partition coefficient (Wildman–Crippen LogP) is 2.81. The summed E-state index contributed by atoms with van der Waals surface area (Å²) in [6.07, 6.45) is 5.70. The molecule has 2 aliphatic rings. The Labute approximate surface area is 179 Å². The van der Waals surface area contributed by atoms with Crippen molar-refractivity contribution in [1.29, 1.82) is 0 Å². The lowest BCUT2D eigenvalue weighted by Crippen LogP contribution is -2.52. The Bertz CT molecular complexity index is 907. The molecule has 0 bridgehead atoms. The van der Waals surface area contributed by atoms with Gasteiger partial charge in [-0.3, -0.25) is 14.4 Å². The van der Waals surface area contributed by atoms with E-state index in [1.807, 2.05) is 29.2 Å². The van der Waals surface area contributed by atoms with Crippen molar-refractivity contribution in [2.45, 2.75) is 42.4 Å². The summed E-state index contributed by atoms with van der Waals surface area (Å²) < 4.78 is 5.23. The third kappa shape index (κ3) is 4.53. The molecule has 0 saturated carbocycles. The highest BCUT2D eigenvalue weighted by atomic mass is 32.2. The molecule has 3 heterocycles. The fourth-order valence-corrected chi connectivity index (χ4v) is 4.98. The van der Waals surface area contributed by atoms with Crippen molar-refractivity contribution in [2.24, 2.45) is 0 Å². The molecule has 7 nitrogen and oxygen atoms in total. The van der Waals surface area contributed by atoms with Crippen LogP contribution in [0.5, 0.6) is 0 Å². The van der Waals surface area contributed by atoms with Crippen LogP contribution in [-0.4, -0.2) is 47.5 Å². The van der Waals surface area contributed by atoms with Gasteiger partial charge in [-0.25, -0.2) is 0 Å². The SMILES string of the molecule is O=C(CN1C(=O)[C@@H](C(=O)N2CCCCCC2)Sc2ccccc21)NCc1ccco1. The number of amides is 3. The van der Waals surface area contributed by atoms with Crippen LogP contribution in [0.15, 0.2) is 52.0 Å². The van der Waals surface area contributed by atoms with Crippen LogP contribution < -0.4 is 10.2 Å². The number of hydrogen-bond acceptors (Lipinski definition) is 5. The monoisotopic (exact) mass is 427 g/mol. The van der Waals surface area contributed by atoms with Crippen LogP contribution in [0.1, 0.15) is 31.4 Å². The molecule has 0 unspecified atom stereocenters. The van der Waals surface area contributed by atoms with Gasteiger partial charge in [0, 0.05) is 18.0 Å². The lowest BCUT2D eigenvalue weighted by molar-refractivity contribution is -0.135. The van der Waals surface area contributed by atoms with Crippen molar-refractivity contribution >= 4 is 35.2 Å². The molecule has 2 aromatic rings. The Morgan fingerprint density at radius 1 is 1.07 bits per heavy atom. The highest BCUT2D eigenvalue weighted by Crippen LogP contribution is 2.39. The zero-order valence-corrected chi connectivity index (χ0v) is 17.5. The molecule has 4 rings (SSSR count). The molecule has 1 aromatic carbocycles. The van der Waals surface area contributed by atoms with E-state index >= 15 is 0 Å². The normalized spacial score (nSPS) is 19.2. The summed E-state index contributed by atoms with van der Waals surface area (Å²) >= 11 is 1.29. The first-order chi connectivity index (χ1) is 14.6.